The van der Waals surface area contributed by atoms with Crippen LogP contribution in [0.25, 0.3) is 22.8 Å². The molecule has 1 amide bonds. The summed E-state index contributed by atoms with van der Waals surface area (Å²) in [7, 11) is -3.76. The predicted molar refractivity (Wildman–Crippen MR) is 94.1 cm³/mol. The molecule has 1 heterocycles. The minimum absolute atomic E-state index is 0.00291. The lowest BCUT2D eigenvalue weighted by Gasteiger charge is -2.01. The van der Waals surface area contributed by atoms with Crippen LogP contribution < -0.4 is 10.9 Å². The Balaban J connectivity index is 1.84. The van der Waals surface area contributed by atoms with E-state index in [1.165, 1.54) is 12.1 Å². The second kappa shape index (κ2) is 7.06. The Hall–Kier alpha value is -3.04. The quantitative estimate of drug-likeness (QED) is 0.671. The van der Waals surface area contributed by atoms with Gasteiger partial charge in [-0.15, -0.1) is 0 Å². The number of carbonyl (C=O) groups is 1. The van der Waals surface area contributed by atoms with E-state index in [1.54, 1.807) is 12.1 Å². The zero-order valence-electron chi connectivity index (χ0n) is 13.6. The van der Waals surface area contributed by atoms with Crippen LogP contribution in [0, 0.1) is 0 Å². The molecule has 0 atom stereocenters. The zero-order valence-corrected chi connectivity index (χ0v) is 14.4. The van der Waals surface area contributed by atoms with Crippen LogP contribution in [-0.2, 0) is 21.2 Å². The third-order valence-corrected chi connectivity index (χ3v) is 4.63. The number of hydrogen-bond acceptors (Lipinski definition) is 6. The van der Waals surface area contributed by atoms with E-state index >= 15 is 0 Å². The Morgan fingerprint density at radius 3 is 2.46 bits per heavy atom. The highest BCUT2D eigenvalue weighted by atomic mass is 32.2. The SMILES string of the molecule is NC(=O)CCc1cccc(-c2noc(-c3ccc(S(N)(=O)=O)cc3)n2)c1. The molecule has 3 aromatic rings. The number of rotatable bonds is 6. The van der Waals surface area contributed by atoms with E-state index in [4.69, 9.17) is 15.4 Å². The molecule has 0 unspecified atom stereocenters. The van der Waals surface area contributed by atoms with E-state index in [0.29, 0.717) is 17.8 Å². The average molecular weight is 372 g/mol. The van der Waals surface area contributed by atoms with Crippen molar-refractivity contribution in [2.75, 3.05) is 0 Å². The van der Waals surface area contributed by atoms with E-state index in [9.17, 15) is 13.2 Å². The van der Waals surface area contributed by atoms with E-state index in [1.807, 2.05) is 24.3 Å². The summed E-state index contributed by atoms with van der Waals surface area (Å²) >= 11 is 0. The predicted octanol–water partition coefficient (Wildman–Crippen LogP) is 1.47. The minimum Gasteiger partial charge on any atom is -0.370 e. The summed E-state index contributed by atoms with van der Waals surface area (Å²) in [5, 5.41) is 9.02. The number of aromatic nitrogens is 2. The van der Waals surface area contributed by atoms with Gasteiger partial charge in [-0.2, -0.15) is 4.98 Å². The molecule has 134 valence electrons. The molecule has 0 aliphatic heterocycles. The zero-order chi connectivity index (χ0) is 18.7. The third-order valence-electron chi connectivity index (χ3n) is 3.70. The standard InChI is InChI=1S/C17H16N4O4S/c18-15(22)9-4-11-2-1-3-13(10-11)16-20-17(25-21-16)12-5-7-14(8-6-12)26(19,23)24/h1-3,5-8,10H,4,9H2,(H2,18,22)(H2,19,23,24). The van der Waals surface area contributed by atoms with Crippen LogP contribution in [-0.4, -0.2) is 24.5 Å². The van der Waals surface area contributed by atoms with Gasteiger partial charge in [0, 0.05) is 17.5 Å². The summed E-state index contributed by atoms with van der Waals surface area (Å²) in [5.41, 5.74) is 7.42. The molecule has 0 aliphatic rings. The number of hydrogen-bond donors (Lipinski definition) is 2. The molecular formula is C17H16N4O4S. The van der Waals surface area contributed by atoms with Crippen LogP contribution in [0.2, 0.25) is 0 Å². The molecule has 9 heteroatoms. The molecule has 8 nitrogen and oxygen atoms in total. The van der Waals surface area contributed by atoms with E-state index in [-0.39, 0.29) is 23.1 Å². The minimum atomic E-state index is -3.76. The van der Waals surface area contributed by atoms with Crippen LogP contribution >= 0.6 is 0 Å². The van der Waals surface area contributed by atoms with Gasteiger partial charge in [-0.3, -0.25) is 4.79 Å². The lowest BCUT2D eigenvalue weighted by molar-refractivity contribution is -0.117. The Kier molecular flexibility index (Phi) is 4.83. The van der Waals surface area contributed by atoms with Gasteiger partial charge in [-0.05, 0) is 42.3 Å². The lowest BCUT2D eigenvalue weighted by atomic mass is 10.1. The van der Waals surface area contributed by atoms with Gasteiger partial charge in [0.25, 0.3) is 5.89 Å². The maximum atomic E-state index is 11.3. The van der Waals surface area contributed by atoms with Gasteiger partial charge < -0.3 is 10.3 Å². The van der Waals surface area contributed by atoms with E-state index in [0.717, 1.165) is 11.1 Å². The van der Waals surface area contributed by atoms with Crippen molar-refractivity contribution in [3.05, 3.63) is 54.1 Å². The van der Waals surface area contributed by atoms with Crippen molar-refractivity contribution in [1.82, 2.24) is 10.1 Å². The molecule has 0 aliphatic carbocycles. The largest absolute Gasteiger partial charge is 0.370 e. The summed E-state index contributed by atoms with van der Waals surface area (Å²) in [5.74, 6) is 0.278. The maximum Gasteiger partial charge on any atom is 0.258 e. The van der Waals surface area contributed by atoms with Crippen LogP contribution in [0.4, 0.5) is 0 Å². The number of nitrogens with zero attached hydrogens (tertiary/aromatic N) is 2. The number of sulfonamides is 1. The van der Waals surface area contributed by atoms with Gasteiger partial charge in [-0.1, -0.05) is 23.4 Å². The van der Waals surface area contributed by atoms with Crippen molar-refractivity contribution in [2.24, 2.45) is 10.9 Å². The van der Waals surface area contributed by atoms with Crippen molar-refractivity contribution >= 4 is 15.9 Å². The molecule has 26 heavy (non-hydrogen) atoms. The Morgan fingerprint density at radius 1 is 1.08 bits per heavy atom. The molecule has 3 rings (SSSR count). The van der Waals surface area contributed by atoms with Gasteiger partial charge in [0.2, 0.25) is 21.8 Å². The number of benzene rings is 2. The number of primary sulfonamides is 1. The normalized spacial score (nSPS) is 11.4. The van der Waals surface area contributed by atoms with Crippen molar-refractivity contribution in [3.8, 4) is 22.8 Å². The number of carbonyl (C=O) groups excluding carboxylic acids is 1. The van der Waals surface area contributed by atoms with E-state index < -0.39 is 10.0 Å². The van der Waals surface area contributed by atoms with Gasteiger partial charge in [0.05, 0.1) is 4.90 Å². The fraction of sp³-hybridized carbons (Fsp3) is 0.118. The lowest BCUT2D eigenvalue weighted by Crippen LogP contribution is -2.11. The highest BCUT2D eigenvalue weighted by Gasteiger charge is 2.13. The molecule has 0 saturated carbocycles. The Bertz CT molecular complexity index is 1040. The second-order valence-electron chi connectivity index (χ2n) is 5.66. The first-order chi connectivity index (χ1) is 12.3. The van der Waals surface area contributed by atoms with Crippen LogP contribution in [0.3, 0.4) is 0 Å². The fourth-order valence-electron chi connectivity index (χ4n) is 2.38. The first-order valence-electron chi connectivity index (χ1n) is 7.67. The molecule has 0 fully saturated rings. The highest BCUT2D eigenvalue weighted by Crippen LogP contribution is 2.24. The Morgan fingerprint density at radius 2 is 1.81 bits per heavy atom. The number of amides is 1. The molecule has 1 aromatic heterocycles. The summed E-state index contributed by atoms with van der Waals surface area (Å²) < 4.78 is 27.8. The van der Waals surface area contributed by atoms with Gasteiger partial charge in [-0.25, -0.2) is 13.6 Å². The molecule has 4 N–H and O–H groups in total. The first-order valence-corrected chi connectivity index (χ1v) is 9.22. The van der Waals surface area contributed by atoms with Crippen LogP contribution in [0.1, 0.15) is 12.0 Å². The van der Waals surface area contributed by atoms with Crippen molar-refractivity contribution in [2.45, 2.75) is 17.7 Å². The third kappa shape index (κ3) is 4.13. The summed E-state index contributed by atoms with van der Waals surface area (Å²) in [6.45, 7) is 0. The van der Waals surface area contributed by atoms with Crippen molar-refractivity contribution in [3.63, 3.8) is 0 Å². The second-order valence-corrected chi connectivity index (χ2v) is 7.22. The Labute approximate surface area is 149 Å². The molecule has 2 aromatic carbocycles. The summed E-state index contributed by atoms with van der Waals surface area (Å²) in [6.07, 6.45) is 0.792. The van der Waals surface area contributed by atoms with Crippen LogP contribution in [0.5, 0.6) is 0 Å². The average Bonchev–Trinajstić information content (AvgIpc) is 3.10. The molecule has 0 saturated heterocycles. The smallest absolute Gasteiger partial charge is 0.258 e. The number of primary amides is 1. The van der Waals surface area contributed by atoms with Gasteiger partial charge >= 0.3 is 0 Å². The summed E-state index contributed by atoms with van der Waals surface area (Å²) in [6, 6.07) is 13.2. The maximum absolute atomic E-state index is 11.3. The summed E-state index contributed by atoms with van der Waals surface area (Å²) in [4.78, 5) is 15.2. The topological polar surface area (TPSA) is 142 Å². The fourth-order valence-corrected chi connectivity index (χ4v) is 2.89. The van der Waals surface area contributed by atoms with Crippen molar-refractivity contribution < 1.29 is 17.7 Å². The first kappa shape index (κ1) is 17.8. The molecule has 0 spiro atoms. The molecule has 0 radical (unpaired) electrons. The van der Waals surface area contributed by atoms with E-state index in [2.05, 4.69) is 10.1 Å². The van der Waals surface area contributed by atoms with Crippen LogP contribution in [0.15, 0.2) is 57.9 Å². The number of aryl methyl sites for hydroxylation is 1. The number of nitrogens with two attached hydrogens (primary N) is 2. The van der Waals surface area contributed by atoms with Gasteiger partial charge in [0.1, 0.15) is 0 Å². The monoisotopic (exact) mass is 372 g/mol. The molecule has 0 bridgehead atoms. The molecular weight excluding hydrogens is 356 g/mol. The van der Waals surface area contributed by atoms with Crippen molar-refractivity contribution in [1.29, 1.82) is 0 Å². The highest BCUT2D eigenvalue weighted by molar-refractivity contribution is 7.89. The van der Waals surface area contributed by atoms with Gasteiger partial charge in [0.15, 0.2) is 0 Å².